The minimum atomic E-state index is -0.527. The van der Waals surface area contributed by atoms with Crippen LogP contribution in [-0.4, -0.2) is 32.3 Å². The van der Waals surface area contributed by atoms with E-state index < -0.39 is 10.8 Å². The van der Waals surface area contributed by atoms with Crippen LogP contribution in [0.2, 0.25) is 5.02 Å². The first-order valence-electron chi connectivity index (χ1n) is 9.90. The average Bonchev–Trinajstić information content (AvgIpc) is 2.84. The fourth-order valence-corrected chi connectivity index (χ4v) is 4.06. The number of fused-ring (bicyclic) bond motifs is 1. The van der Waals surface area contributed by atoms with Crippen molar-refractivity contribution < 1.29 is 9.72 Å². The normalized spacial score (nSPS) is 11.1. The number of hydrogen-bond acceptors (Lipinski definition) is 7. The summed E-state index contributed by atoms with van der Waals surface area (Å²) in [5.41, 5.74) is 3.27. The van der Waals surface area contributed by atoms with Crippen molar-refractivity contribution in [3.63, 3.8) is 0 Å². The maximum atomic E-state index is 13.2. The molecule has 9 nitrogen and oxygen atoms in total. The van der Waals surface area contributed by atoms with Crippen LogP contribution in [-0.2, 0) is 4.79 Å². The van der Waals surface area contributed by atoms with Crippen molar-refractivity contribution in [1.82, 2.24) is 15.0 Å². The Bertz CT molecular complexity index is 1470. The summed E-state index contributed by atoms with van der Waals surface area (Å²) in [4.78, 5) is 40.7. The van der Waals surface area contributed by atoms with Gasteiger partial charge in [-0.3, -0.25) is 24.3 Å². The van der Waals surface area contributed by atoms with Gasteiger partial charge in [-0.05, 0) is 42.5 Å². The number of aromatic nitrogens is 2. The molecule has 34 heavy (non-hydrogen) atoms. The summed E-state index contributed by atoms with van der Waals surface area (Å²) < 4.78 is 1.42. The molecule has 0 aliphatic rings. The van der Waals surface area contributed by atoms with Gasteiger partial charge >= 0.3 is 0 Å². The summed E-state index contributed by atoms with van der Waals surface area (Å²) in [5.74, 6) is -0.558. The van der Waals surface area contributed by atoms with Crippen molar-refractivity contribution in [2.24, 2.45) is 5.10 Å². The number of halogens is 1. The van der Waals surface area contributed by atoms with Gasteiger partial charge in [0.1, 0.15) is 0 Å². The highest BCUT2D eigenvalue weighted by Gasteiger charge is 2.15. The second kappa shape index (κ2) is 10.3. The van der Waals surface area contributed by atoms with Crippen LogP contribution in [0.5, 0.6) is 0 Å². The van der Waals surface area contributed by atoms with E-state index in [4.69, 9.17) is 11.6 Å². The molecule has 0 spiro atoms. The van der Waals surface area contributed by atoms with Gasteiger partial charge in [0.2, 0.25) is 0 Å². The Morgan fingerprint density at radius 3 is 2.59 bits per heavy atom. The number of rotatable bonds is 7. The molecule has 0 unspecified atom stereocenters. The maximum absolute atomic E-state index is 13.2. The molecule has 11 heteroatoms. The quantitative estimate of drug-likeness (QED) is 0.135. The summed E-state index contributed by atoms with van der Waals surface area (Å²) in [7, 11) is 0. The summed E-state index contributed by atoms with van der Waals surface area (Å²) in [6.07, 6.45) is 1.21. The highest BCUT2D eigenvalue weighted by Crippen LogP contribution is 2.22. The van der Waals surface area contributed by atoms with Gasteiger partial charge in [0.25, 0.3) is 17.2 Å². The third-order valence-electron chi connectivity index (χ3n) is 4.69. The number of nitrogens with zero attached hydrogens (tertiary/aromatic N) is 4. The van der Waals surface area contributed by atoms with Crippen LogP contribution in [0.15, 0.2) is 87.8 Å². The number of benzene rings is 3. The van der Waals surface area contributed by atoms with Crippen LogP contribution in [0.25, 0.3) is 16.6 Å². The molecular formula is C23H16ClN5O4S. The van der Waals surface area contributed by atoms with Gasteiger partial charge in [-0.15, -0.1) is 0 Å². The summed E-state index contributed by atoms with van der Waals surface area (Å²) in [6, 6.07) is 19.7. The Morgan fingerprint density at radius 2 is 1.82 bits per heavy atom. The minimum absolute atomic E-state index is 0.0907. The number of amides is 1. The first-order chi connectivity index (χ1) is 16.4. The Hall–Kier alpha value is -4.02. The molecule has 0 atom stereocenters. The molecule has 4 aromatic rings. The van der Waals surface area contributed by atoms with E-state index in [2.05, 4.69) is 15.5 Å². The van der Waals surface area contributed by atoms with Gasteiger partial charge in [-0.25, -0.2) is 10.4 Å². The number of para-hydroxylation sites is 2. The standard InChI is InChI=1S/C23H16ClN5O4S/c24-16-9-11-17(12-10-16)28-22(31)18-6-2-3-7-19(18)26-23(28)34-14-21(30)27-25-13-15-5-1-4-8-20(15)29(32)33/h1-13H,14H2,(H,27,30)/b25-13+. The number of nitro groups is 1. The SMILES string of the molecule is O=C(CSc1nc2ccccc2c(=O)n1-c1ccc(Cl)cc1)N/N=C/c1ccccc1[N+](=O)[O-]. The average molecular weight is 494 g/mol. The van der Waals surface area contributed by atoms with Crippen LogP contribution in [0, 0.1) is 10.1 Å². The predicted octanol–water partition coefficient (Wildman–Crippen LogP) is 4.19. The van der Waals surface area contributed by atoms with E-state index in [1.165, 1.54) is 22.9 Å². The van der Waals surface area contributed by atoms with Crippen molar-refractivity contribution in [3.05, 3.63) is 104 Å². The fourth-order valence-electron chi connectivity index (χ4n) is 3.13. The smallest absolute Gasteiger partial charge is 0.272 e. The van der Waals surface area contributed by atoms with E-state index in [-0.39, 0.29) is 22.6 Å². The lowest BCUT2D eigenvalue weighted by Crippen LogP contribution is -2.24. The largest absolute Gasteiger partial charge is 0.278 e. The van der Waals surface area contributed by atoms with Gasteiger partial charge in [0, 0.05) is 11.1 Å². The summed E-state index contributed by atoms with van der Waals surface area (Å²) in [6.45, 7) is 0. The molecule has 0 radical (unpaired) electrons. The molecule has 0 bridgehead atoms. The zero-order chi connectivity index (χ0) is 24.1. The Kier molecular flexibility index (Phi) is 7.00. The zero-order valence-electron chi connectivity index (χ0n) is 17.4. The van der Waals surface area contributed by atoms with E-state index in [1.54, 1.807) is 60.7 Å². The Balaban J connectivity index is 1.56. The maximum Gasteiger partial charge on any atom is 0.278 e. The summed E-state index contributed by atoms with van der Waals surface area (Å²) in [5, 5.41) is 16.2. The van der Waals surface area contributed by atoms with Gasteiger partial charge in [0.05, 0.1) is 39.0 Å². The molecule has 4 rings (SSSR count). The van der Waals surface area contributed by atoms with Crippen LogP contribution >= 0.6 is 23.4 Å². The minimum Gasteiger partial charge on any atom is -0.272 e. The number of carbonyl (C=O) groups is 1. The highest BCUT2D eigenvalue weighted by atomic mass is 35.5. The number of carbonyl (C=O) groups excluding carboxylic acids is 1. The third-order valence-corrected chi connectivity index (χ3v) is 5.88. The van der Waals surface area contributed by atoms with Gasteiger partial charge < -0.3 is 0 Å². The lowest BCUT2D eigenvalue weighted by molar-refractivity contribution is -0.385. The van der Waals surface area contributed by atoms with Crippen LogP contribution in [0.4, 0.5) is 5.69 Å². The molecule has 0 aliphatic heterocycles. The van der Waals surface area contributed by atoms with Crippen LogP contribution in [0.3, 0.4) is 0 Å². The van der Waals surface area contributed by atoms with E-state index in [0.29, 0.717) is 26.8 Å². The molecule has 0 fully saturated rings. The molecule has 1 amide bonds. The van der Waals surface area contributed by atoms with Crippen molar-refractivity contribution in [2.75, 3.05) is 5.75 Å². The topological polar surface area (TPSA) is 119 Å². The van der Waals surface area contributed by atoms with Crippen molar-refractivity contribution >= 4 is 52.1 Å². The van der Waals surface area contributed by atoms with Crippen molar-refractivity contribution in [3.8, 4) is 5.69 Å². The lowest BCUT2D eigenvalue weighted by atomic mass is 10.2. The Morgan fingerprint density at radius 1 is 1.12 bits per heavy atom. The Labute approximate surface area is 202 Å². The molecule has 1 N–H and O–H groups in total. The number of hydrazone groups is 1. The number of hydrogen-bond donors (Lipinski definition) is 1. The molecular weight excluding hydrogens is 478 g/mol. The van der Waals surface area contributed by atoms with Gasteiger partial charge in [0.15, 0.2) is 5.16 Å². The van der Waals surface area contributed by atoms with Gasteiger partial charge in [-0.2, -0.15) is 5.10 Å². The molecule has 0 saturated carbocycles. The first kappa shape index (κ1) is 23.1. The van der Waals surface area contributed by atoms with Gasteiger partial charge in [-0.1, -0.05) is 47.6 Å². The number of nitro benzene ring substituents is 1. The molecule has 0 saturated heterocycles. The molecule has 3 aromatic carbocycles. The summed E-state index contributed by atoms with van der Waals surface area (Å²) >= 11 is 7.05. The number of nitrogens with one attached hydrogen (secondary N) is 1. The van der Waals surface area contributed by atoms with Crippen LogP contribution in [0.1, 0.15) is 5.56 Å². The monoisotopic (exact) mass is 493 g/mol. The van der Waals surface area contributed by atoms with E-state index >= 15 is 0 Å². The van der Waals surface area contributed by atoms with Crippen LogP contribution < -0.4 is 11.0 Å². The molecule has 1 aromatic heterocycles. The van der Waals surface area contributed by atoms with E-state index in [9.17, 15) is 19.7 Å². The third kappa shape index (κ3) is 5.13. The molecule has 170 valence electrons. The number of thioether (sulfide) groups is 1. The molecule has 1 heterocycles. The molecule has 0 aliphatic carbocycles. The zero-order valence-corrected chi connectivity index (χ0v) is 19.0. The van der Waals surface area contributed by atoms with Crippen molar-refractivity contribution in [1.29, 1.82) is 0 Å². The fraction of sp³-hybridized carbons (Fsp3) is 0.0435. The second-order valence-electron chi connectivity index (χ2n) is 6.93. The first-order valence-corrected chi connectivity index (χ1v) is 11.3. The second-order valence-corrected chi connectivity index (χ2v) is 8.31. The highest BCUT2D eigenvalue weighted by molar-refractivity contribution is 7.99. The predicted molar refractivity (Wildman–Crippen MR) is 132 cm³/mol. The van der Waals surface area contributed by atoms with E-state index in [0.717, 1.165) is 11.8 Å². The van der Waals surface area contributed by atoms with Crippen molar-refractivity contribution in [2.45, 2.75) is 5.16 Å². The van der Waals surface area contributed by atoms with E-state index in [1.807, 2.05) is 0 Å². The lowest BCUT2D eigenvalue weighted by Gasteiger charge is -2.13.